The van der Waals surface area contributed by atoms with Crippen molar-refractivity contribution in [3.05, 3.63) is 46.7 Å². The molecule has 0 unspecified atom stereocenters. The van der Waals surface area contributed by atoms with Gasteiger partial charge in [0.25, 0.3) is 0 Å². The molecule has 4 rings (SSSR count). The van der Waals surface area contributed by atoms with Gasteiger partial charge in [-0.15, -0.1) is 0 Å². The van der Waals surface area contributed by atoms with Gasteiger partial charge in [-0.2, -0.15) is 0 Å². The van der Waals surface area contributed by atoms with E-state index in [-0.39, 0.29) is 0 Å². The van der Waals surface area contributed by atoms with Gasteiger partial charge in [-0.05, 0) is 51.5 Å². The van der Waals surface area contributed by atoms with Crippen molar-refractivity contribution in [2.24, 2.45) is 0 Å². The third-order valence-corrected chi connectivity index (χ3v) is 5.70. The Morgan fingerprint density at radius 3 is 2.59 bits per heavy atom. The number of halogens is 1. The van der Waals surface area contributed by atoms with Crippen LogP contribution in [0.15, 0.2) is 30.6 Å². The van der Waals surface area contributed by atoms with Crippen molar-refractivity contribution in [3.8, 4) is 11.5 Å². The quantitative estimate of drug-likeness (QED) is 0.751. The minimum Gasteiger partial charge on any atom is -0.493 e. The van der Waals surface area contributed by atoms with Crippen molar-refractivity contribution in [2.45, 2.75) is 51.9 Å². The molecule has 1 aromatic carbocycles. The molecular formula is C20H23BClNO4. The molecule has 2 aliphatic heterocycles. The summed E-state index contributed by atoms with van der Waals surface area (Å²) in [6.45, 7) is 9.15. The number of fused-ring (bicyclic) bond motifs is 1. The van der Waals surface area contributed by atoms with E-state index >= 15 is 0 Å². The summed E-state index contributed by atoms with van der Waals surface area (Å²) >= 11 is 6.22. The number of aromatic nitrogens is 1. The highest BCUT2D eigenvalue weighted by Gasteiger charge is 2.51. The first-order valence-electron chi connectivity index (χ1n) is 9.13. The summed E-state index contributed by atoms with van der Waals surface area (Å²) < 4.78 is 23.9. The van der Waals surface area contributed by atoms with E-state index in [1.165, 1.54) is 0 Å². The summed E-state index contributed by atoms with van der Waals surface area (Å²) in [4.78, 5) is 4.28. The molecule has 0 atom stereocenters. The fraction of sp³-hybridized carbons (Fsp3) is 0.450. The van der Waals surface area contributed by atoms with Gasteiger partial charge in [0.1, 0.15) is 18.1 Å². The zero-order chi connectivity index (χ0) is 19.2. The molecule has 0 saturated carbocycles. The smallest absolute Gasteiger partial charge is 0.493 e. The number of ether oxygens (including phenoxy) is 2. The van der Waals surface area contributed by atoms with Gasteiger partial charge in [0.2, 0.25) is 0 Å². The van der Waals surface area contributed by atoms with Gasteiger partial charge in [-0.25, -0.2) is 0 Å². The molecule has 0 amide bonds. The molecule has 0 N–H and O–H groups in total. The normalized spacial score (nSPS) is 19.7. The fourth-order valence-corrected chi connectivity index (χ4v) is 3.50. The Labute approximate surface area is 165 Å². The predicted molar refractivity (Wildman–Crippen MR) is 105 cm³/mol. The SMILES string of the molecule is CC1(C)OB(c2cncc(OCc3cc(Cl)cc4c3OCC4)c2)OC1(C)C. The Morgan fingerprint density at radius 2 is 1.85 bits per heavy atom. The van der Waals surface area contributed by atoms with Crippen molar-refractivity contribution < 1.29 is 18.8 Å². The zero-order valence-electron chi connectivity index (χ0n) is 16.0. The molecule has 7 heteroatoms. The summed E-state index contributed by atoms with van der Waals surface area (Å²) in [6.07, 6.45) is 4.30. The number of benzene rings is 1. The average Bonchev–Trinajstić information content (AvgIpc) is 3.15. The van der Waals surface area contributed by atoms with Crippen LogP contribution in [0, 0.1) is 0 Å². The summed E-state index contributed by atoms with van der Waals surface area (Å²) in [5.41, 5.74) is 2.11. The topological polar surface area (TPSA) is 49.8 Å². The lowest BCUT2D eigenvalue weighted by atomic mass is 9.80. The molecule has 0 aliphatic carbocycles. The van der Waals surface area contributed by atoms with E-state index < -0.39 is 18.3 Å². The molecule has 0 spiro atoms. The van der Waals surface area contributed by atoms with E-state index in [9.17, 15) is 0 Å². The second-order valence-corrected chi connectivity index (χ2v) is 8.42. The predicted octanol–water partition coefficient (Wildman–Crippen LogP) is 3.55. The van der Waals surface area contributed by atoms with Crippen molar-refractivity contribution in [3.63, 3.8) is 0 Å². The summed E-state index contributed by atoms with van der Waals surface area (Å²) in [5.74, 6) is 1.53. The highest BCUT2D eigenvalue weighted by atomic mass is 35.5. The largest absolute Gasteiger partial charge is 0.496 e. The lowest BCUT2D eigenvalue weighted by Crippen LogP contribution is -2.41. The van der Waals surface area contributed by atoms with Gasteiger partial charge < -0.3 is 18.8 Å². The third kappa shape index (κ3) is 3.54. The first-order valence-corrected chi connectivity index (χ1v) is 9.50. The van der Waals surface area contributed by atoms with Gasteiger partial charge >= 0.3 is 7.12 Å². The van der Waals surface area contributed by atoms with Crippen LogP contribution < -0.4 is 14.9 Å². The van der Waals surface area contributed by atoms with Crippen molar-refractivity contribution in [2.75, 3.05) is 6.61 Å². The lowest BCUT2D eigenvalue weighted by Gasteiger charge is -2.32. The molecule has 142 valence electrons. The number of rotatable bonds is 4. The molecule has 2 aromatic rings. The van der Waals surface area contributed by atoms with E-state index in [0.29, 0.717) is 24.0 Å². The van der Waals surface area contributed by atoms with E-state index in [1.807, 2.05) is 45.9 Å². The van der Waals surface area contributed by atoms with E-state index in [1.54, 1.807) is 12.4 Å². The number of hydrogen-bond donors (Lipinski definition) is 0. The Hall–Kier alpha value is -1.76. The van der Waals surface area contributed by atoms with Gasteiger partial charge in [0.15, 0.2) is 0 Å². The Bertz CT molecular complexity index is 855. The molecular weight excluding hydrogens is 364 g/mol. The summed E-state index contributed by atoms with van der Waals surface area (Å²) in [7, 11) is -0.468. The van der Waals surface area contributed by atoms with Crippen LogP contribution in [0.4, 0.5) is 0 Å². The maximum Gasteiger partial charge on any atom is 0.496 e. The third-order valence-electron chi connectivity index (χ3n) is 5.48. The van der Waals surface area contributed by atoms with Crippen molar-refractivity contribution >= 4 is 24.2 Å². The molecule has 1 aromatic heterocycles. The maximum absolute atomic E-state index is 6.22. The molecule has 1 fully saturated rings. The molecule has 0 radical (unpaired) electrons. The van der Waals surface area contributed by atoms with Gasteiger partial charge in [-0.3, -0.25) is 4.98 Å². The van der Waals surface area contributed by atoms with Gasteiger partial charge in [-0.1, -0.05) is 11.6 Å². The molecule has 3 heterocycles. The monoisotopic (exact) mass is 387 g/mol. The summed E-state index contributed by atoms with van der Waals surface area (Å²) in [5, 5.41) is 0.696. The highest BCUT2D eigenvalue weighted by Crippen LogP contribution is 2.37. The minimum atomic E-state index is -0.468. The van der Waals surface area contributed by atoms with Crippen LogP contribution >= 0.6 is 11.6 Å². The number of pyridine rings is 1. The minimum absolute atomic E-state index is 0.359. The Balaban J connectivity index is 1.50. The number of nitrogens with zero attached hydrogens (tertiary/aromatic N) is 1. The van der Waals surface area contributed by atoms with Gasteiger partial charge in [0, 0.05) is 28.7 Å². The van der Waals surface area contributed by atoms with Crippen LogP contribution in [0.1, 0.15) is 38.8 Å². The highest BCUT2D eigenvalue weighted by molar-refractivity contribution is 6.62. The Morgan fingerprint density at radius 1 is 1.11 bits per heavy atom. The number of hydrogen-bond acceptors (Lipinski definition) is 5. The van der Waals surface area contributed by atoms with E-state index in [4.69, 9.17) is 30.4 Å². The molecule has 0 bridgehead atoms. The van der Waals surface area contributed by atoms with Crippen LogP contribution in [-0.2, 0) is 22.3 Å². The van der Waals surface area contributed by atoms with Crippen LogP contribution in [0.3, 0.4) is 0 Å². The first-order chi connectivity index (χ1) is 12.7. The van der Waals surface area contributed by atoms with Crippen LogP contribution in [-0.4, -0.2) is 29.9 Å². The zero-order valence-corrected chi connectivity index (χ0v) is 16.8. The molecule has 1 saturated heterocycles. The Kier molecular flexibility index (Phi) is 4.61. The van der Waals surface area contributed by atoms with Crippen LogP contribution in [0.25, 0.3) is 0 Å². The molecule has 27 heavy (non-hydrogen) atoms. The average molecular weight is 388 g/mol. The first kappa shape index (κ1) is 18.6. The van der Waals surface area contributed by atoms with Gasteiger partial charge in [0.05, 0.1) is 24.0 Å². The summed E-state index contributed by atoms with van der Waals surface area (Å²) in [6, 6.07) is 5.74. The molecule has 2 aliphatic rings. The van der Waals surface area contributed by atoms with Crippen molar-refractivity contribution in [1.82, 2.24) is 4.98 Å². The van der Waals surface area contributed by atoms with E-state index in [0.717, 1.165) is 28.8 Å². The van der Waals surface area contributed by atoms with Crippen LogP contribution in [0.2, 0.25) is 5.02 Å². The van der Waals surface area contributed by atoms with Crippen LogP contribution in [0.5, 0.6) is 11.5 Å². The molecule has 5 nitrogen and oxygen atoms in total. The second-order valence-electron chi connectivity index (χ2n) is 7.98. The van der Waals surface area contributed by atoms with E-state index in [2.05, 4.69) is 4.98 Å². The van der Waals surface area contributed by atoms with Crippen molar-refractivity contribution in [1.29, 1.82) is 0 Å². The fourth-order valence-electron chi connectivity index (χ4n) is 3.24. The second kappa shape index (κ2) is 6.69. The standard InChI is InChI=1S/C20H23BClNO4/c1-19(2)20(3,4)27-21(26-19)15-9-17(11-23-10-15)25-12-14-8-16(22)7-13-5-6-24-18(13)14/h7-11H,5-6,12H2,1-4H3. The maximum atomic E-state index is 6.22. The lowest BCUT2D eigenvalue weighted by molar-refractivity contribution is 0.00578.